The van der Waals surface area contributed by atoms with Crippen LogP contribution in [0, 0.1) is 5.92 Å². The Balaban J connectivity index is 4.29. The minimum atomic E-state index is -0.750. The van der Waals surface area contributed by atoms with Crippen molar-refractivity contribution in [2.24, 2.45) is 5.92 Å². The number of carboxylic acid groups (broad SMARTS) is 1. The third-order valence-electron chi connectivity index (χ3n) is 2.84. The molecule has 0 aliphatic rings. The maximum atomic E-state index is 10.4. The normalized spacial score (nSPS) is 14.0. The highest BCUT2D eigenvalue weighted by Crippen LogP contribution is 2.24. The molecule has 0 amide bonds. The molecule has 0 aromatic rings. The summed E-state index contributed by atoms with van der Waals surface area (Å²) in [6.45, 7) is 2.13. The van der Waals surface area contributed by atoms with E-state index < -0.39 is 5.97 Å². The highest BCUT2D eigenvalue weighted by molar-refractivity contribution is 7.22. The van der Waals surface area contributed by atoms with Crippen molar-refractivity contribution in [3.8, 4) is 0 Å². The minimum Gasteiger partial charge on any atom is -0.481 e. The zero-order valence-corrected chi connectivity index (χ0v) is 13.3. The summed E-state index contributed by atoms with van der Waals surface area (Å²) < 4.78 is 0. The molecule has 2 atom stereocenters. The molecule has 0 aromatic carbocycles. The number of aldehydes is 1. The second-order valence-corrected chi connectivity index (χ2v) is 5.28. The molecular formula is C16H25O3P. The van der Waals surface area contributed by atoms with Crippen LogP contribution in [0.15, 0.2) is 35.7 Å². The number of allylic oxidation sites excluding steroid dienone is 6. The van der Waals surface area contributed by atoms with Gasteiger partial charge in [-0.25, -0.2) is 0 Å². The van der Waals surface area contributed by atoms with Crippen LogP contribution in [0.4, 0.5) is 0 Å². The number of hydrogen-bond donors (Lipinski definition) is 1. The lowest BCUT2D eigenvalue weighted by Crippen LogP contribution is -1.95. The molecule has 112 valence electrons. The zero-order chi connectivity index (χ0) is 15.2. The summed E-state index contributed by atoms with van der Waals surface area (Å²) in [5.41, 5.74) is 0. The predicted octanol–water partition coefficient (Wildman–Crippen LogP) is 4.12. The van der Waals surface area contributed by atoms with Gasteiger partial charge in [-0.05, 0) is 37.1 Å². The van der Waals surface area contributed by atoms with E-state index in [1.54, 1.807) is 0 Å². The summed E-state index contributed by atoms with van der Waals surface area (Å²) in [7, 11) is 2.74. The van der Waals surface area contributed by atoms with Gasteiger partial charge in [0.05, 0.1) is 0 Å². The first-order valence-corrected chi connectivity index (χ1v) is 7.63. The molecule has 0 bridgehead atoms. The molecule has 20 heavy (non-hydrogen) atoms. The van der Waals surface area contributed by atoms with E-state index in [9.17, 15) is 9.59 Å². The Kier molecular flexibility index (Phi) is 12.0. The third-order valence-corrected chi connectivity index (χ3v) is 3.50. The van der Waals surface area contributed by atoms with Gasteiger partial charge in [0, 0.05) is 12.3 Å². The fourth-order valence-electron chi connectivity index (χ4n) is 1.70. The summed E-state index contributed by atoms with van der Waals surface area (Å²) in [5.74, 6) is -0.535. The lowest BCUT2D eigenvalue weighted by Gasteiger charge is -2.11. The van der Waals surface area contributed by atoms with Gasteiger partial charge in [0.15, 0.2) is 0 Å². The number of rotatable bonds is 11. The molecule has 1 N–H and O–H groups in total. The maximum absolute atomic E-state index is 10.4. The van der Waals surface area contributed by atoms with Gasteiger partial charge in [0.25, 0.3) is 0 Å². The van der Waals surface area contributed by atoms with Gasteiger partial charge in [0.1, 0.15) is 6.29 Å². The Bertz CT molecular complexity index is 370. The molecule has 2 unspecified atom stereocenters. The Labute approximate surface area is 124 Å². The van der Waals surface area contributed by atoms with Crippen LogP contribution in [0.5, 0.6) is 0 Å². The molecule has 0 aromatic heterocycles. The third kappa shape index (κ3) is 10.7. The summed E-state index contributed by atoms with van der Waals surface area (Å²) in [6.07, 6.45) is 15.1. The minimum absolute atomic E-state index is 0.212. The first kappa shape index (κ1) is 18.8. The summed E-state index contributed by atoms with van der Waals surface area (Å²) in [5, 5.41) is 9.73. The highest BCUT2D eigenvalue weighted by atomic mass is 31.0. The number of hydrogen-bond acceptors (Lipinski definition) is 2. The fourth-order valence-corrected chi connectivity index (χ4v) is 2.11. The van der Waals surface area contributed by atoms with Crippen LogP contribution in [0.25, 0.3) is 0 Å². The lowest BCUT2D eigenvalue weighted by atomic mass is 10.0. The lowest BCUT2D eigenvalue weighted by molar-refractivity contribution is -0.137. The summed E-state index contributed by atoms with van der Waals surface area (Å²) in [4.78, 5) is 20.8. The monoisotopic (exact) mass is 296 g/mol. The number of aliphatic carboxylic acids is 1. The van der Waals surface area contributed by atoms with E-state index in [2.05, 4.69) is 28.3 Å². The van der Waals surface area contributed by atoms with Crippen LogP contribution < -0.4 is 0 Å². The van der Waals surface area contributed by atoms with E-state index >= 15 is 0 Å². The van der Waals surface area contributed by atoms with Gasteiger partial charge >= 0.3 is 5.97 Å². The standard InChI is InChI=1S/C16H25O3P/c1-2-3-11-15(20)14(10-8-13-17)9-6-4-5-7-12-16(18)19/h4,6,8,10-11,13-14H,2-3,5,7,9,12,20H2,1H3,(H,18,19)/b6-4-,10-8-,15-11+. The Morgan fingerprint density at radius 3 is 2.65 bits per heavy atom. The van der Waals surface area contributed by atoms with E-state index in [4.69, 9.17) is 5.11 Å². The molecule has 0 aliphatic heterocycles. The van der Waals surface area contributed by atoms with Gasteiger partial charge in [-0.2, -0.15) is 0 Å². The Hall–Kier alpha value is -1.21. The molecule has 0 aliphatic carbocycles. The highest BCUT2D eigenvalue weighted by Gasteiger charge is 2.04. The molecule has 0 saturated carbocycles. The van der Waals surface area contributed by atoms with Gasteiger partial charge < -0.3 is 5.11 Å². The smallest absolute Gasteiger partial charge is 0.303 e. The van der Waals surface area contributed by atoms with Gasteiger partial charge in [-0.3, -0.25) is 9.59 Å². The second-order valence-electron chi connectivity index (χ2n) is 4.61. The van der Waals surface area contributed by atoms with Crippen molar-refractivity contribution in [1.82, 2.24) is 0 Å². The first-order chi connectivity index (χ1) is 9.61. The average molecular weight is 296 g/mol. The maximum Gasteiger partial charge on any atom is 0.303 e. The first-order valence-electron chi connectivity index (χ1n) is 7.06. The fraction of sp³-hybridized carbons (Fsp3) is 0.500. The molecular weight excluding hydrogens is 271 g/mol. The van der Waals surface area contributed by atoms with Gasteiger partial charge in [-0.1, -0.05) is 37.6 Å². The van der Waals surface area contributed by atoms with Crippen molar-refractivity contribution in [3.63, 3.8) is 0 Å². The molecule has 0 radical (unpaired) electrons. The van der Waals surface area contributed by atoms with E-state index in [0.717, 1.165) is 32.0 Å². The zero-order valence-electron chi connectivity index (χ0n) is 12.1. The van der Waals surface area contributed by atoms with Gasteiger partial charge in [-0.15, -0.1) is 9.24 Å². The van der Waals surface area contributed by atoms with Crippen LogP contribution in [0.3, 0.4) is 0 Å². The number of carbonyl (C=O) groups excluding carboxylic acids is 1. The van der Waals surface area contributed by atoms with Crippen molar-refractivity contribution in [1.29, 1.82) is 0 Å². The average Bonchev–Trinajstić information content (AvgIpc) is 2.42. The van der Waals surface area contributed by atoms with Crippen molar-refractivity contribution >= 4 is 21.5 Å². The molecule has 0 rings (SSSR count). The second kappa shape index (κ2) is 12.8. The van der Waals surface area contributed by atoms with E-state index in [-0.39, 0.29) is 12.3 Å². The summed E-state index contributed by atoms with van der Waals surface area (Å²) >= 11 is 0. The van der Waals surface area contributed by atoms with Crippen molar-refractivity contribution in [3.05, 3.63) is 35.7 Å². The Morgan fingerprint density at radius 2 is 2.05 bits per heavy atom. The summed E-state index contributed by atoms with van der Waals surface area (Å²) in [6, 6.07) is 0. The van der Waals surface area contributed by atoms with Crippen LogP contribution in [-0.4, -0.2) is 17.4 Å². The largest absolute Gasteiger partial charge is 0.481 e. The van der Waals surface area contributed by atoms with Crippen molar-refractivity contribution in [2.75, 3.05) is 0 Å². The molecule has 3 nitrogen and oxygen atoms in total. The molecule has 0 spiro atoms. The molecule has 0 saturated heterocycles. The van der Waals surface area contributed by atoms with Crippen LogP contribution in [0.1, 0.15) is 45.4 Å². The van der Waals surface area contributed by atoms with E-state index in [1.807, 2.05) is 12.2 Å². The van der Waals surface area contributed by atoms with Crippen molar-refractivity contribution < 1.29 is 14.7 Å². The van der Waals surface area contributed by atoms with E-state index in [0.29, 0.717) is 6.42 Å². The van der Waals surface area contributed by atoms with E-state index in [1.165, 1.54) is 11.4 Å². The van der Waals surface area contributed by atoms with Crippen LogP contribution in [-0.2, 0) is 9.59 Å². The van der Waals surface area contributed by atoms with Crippen molar-refractivity contribution in [2.45, 2.75) is 45.4 Å². The SMILES string of the molecule is CCC/C=C(/P)C(/C=C\C=O)C/C=C\CCCC(=O)O. The van der Waals surface area contributed by atoms with Crippen LogP contribution in [0.2, 0.25) is 0 Å². The number of unbranched alkanes of at least 4 members (excludes halogenated alkanes) is 2. The van der Waals surface area contributed by atoms with Gasteiger partial charge in [0.2, 0.25) is 0 Å². The molecule has 0 heterocycles. The predicted molar refractivity (Wildman–Crippen MR) is 86.6 cm³/mol. The van der Waals surface area contributed by atoms with Crippen LogP contribution >= 0.6 is 9.24 Å². The molecule has 0 fully saturated rings. The number of carboxylic acids is 1. The molecule has 4 heteroatoms. The number of carbonyl (C=O) groups is 2. The Morgan fingerprint density at radius 1 is 1.30 bits per heavy atom. The quantitative estimate of drug-likeness (QED) is 0.205. The topological polar surface area (TPSA) is 54.4 Å².